The van der Waals surface area contributed by atoms with Gasteiger partial charge in [-0.25, -0.2) is 4.79 Å². The van der Waals surface area contributed by atoms with Crippen LogP contribution < -0.4 is 10.6 Å². The van der Waals surface area contributed by atoms with Gasteiger partial charge in [0.25, 0.3) is 5.91 Å². The van der Waals surface area contributed by atoms with Crippen LogP contribution in [0.4, 0.5) is 4.79 Å². The SMILES string of the molecule is CNC(=O)c1cccc(CN2CC(=O)NC2=O)c1. The van der Waals surface area contributed by atoms with E-state index in [-0.39, 0.29) is 18.4 Å². The molecule has 0 saturated carbocycles. The molecular formula is C12H13N3O3. The van der Waals surface area contributed by atoms with Crippen LogP contribution >= 0.6 is 0 Å². The van der Waals surface area contributed by atoms with Crippen molar-refractivity contribution in [3.8, 4) is 0 Å². The van der Waals surface area contributed by atoms with Gasteiger partial charge in [0.1, 0.15) is 6.54 Å². The molecule has 1 aromatic carbocycles. The maximum absolute atomic E-state index is 11.5. The number of nitrogens with one attached hydrogen (secondary N) is 2. The summed E-state index contributed by atoms with van der Waals surface area (Å²) in [6.45, 7) is 0.367. The Hall–Kier alpha value is -2.37. The Kier molecular flexibility index (Phi) is 3.27. The highest BCUT2D eigenvalue weighted by Gasteiger charge is 2.26. The number of rotatable bonds is 3. The predicted molar refractivity (Wildman–Crippen MR) is 63.8 cm³/mol. The second-order valence-electron chi connectivity index (χ2n) is 3.99. The van der Waals surface area contributed by atoms with Crippen LogP contribution in [-0.2, 0) is 11.3 Å². The molecule has 6 nitrogen and oxygen atoms in total. The van der Waals surface area contributed by atoms with E-state index >= 15 is 0 Å². The molecule has 94 valence electrons. The van der Waals surface area contributed by atoms with Crippen LogP contribution in [0.2, 0.25) is 0 Å². The van der Waals surface area contributed by atoms with E-state index in [9.17, 15) is 14.4 Å². The Labute approximate surface area is 104 Å². The molecule has 1 heterocycles. The summed E-state index contributed by atoms with van der Waals surface area (Å²) < 4.78 is 0. The van der Waals surface area contributed by atoms with Gasteiger partial charge in [-0.2, -0.15) is 0 Å². The van der Waals surface area contributed by atoms with Gasteiger partial charge >= 0.3 is 6.03 Å². The van der Waals surface area contributed by atoms with Gasteiger partial charge in [0.15, 0.2) is 0 Å². The van der Waals surface area contributed by atoms with Crippen molar-refractivity contribution in [1.82, 2.24) is 15.5 Å². The van der Waals surface area contributed by atoms with Crippen LogP contribution in [-0.4, -0.2) is 36.3 Å². The second kappa shape index (κ2) is 4.87. The summed E-state index contributed by atoms with van der Waals surface area (Å²) in [6, 6.07) is 6.55. The van der Waals surface area contributed by atoms with Gasteiger partial charge in [0.05, 0.1) is 0 Å². The largest absolute Gasteiger partial charge is 0.355 e. The Morgan fingerprint density at radius 3 is 2.83 bits per heavy atom. The Morgan fingerprint density at radius 2 is 2.22 bits per heavy atom. The van der Waals surface area contributed by atoms with Crippen LogP contribution in [0.1, 0.15) is 15.9 Å². The third-order valence-corrected chi connectivity index (χ3v) is 2.66. The van der Waals surface area contributed by atoms with Gasteiger partial charge in [-0.1, -0.05) is 12.1 Å². The summed E-state index contributed by atoms with van der Waals surface area (Å²) >= 11 is 0. The molecule has 1 aliphatic heterocycles. The standard InChI is InChI=1S/C12H13N3O3/c1-13-11(17)9-4-2-3-8(5-9)6-15-7-10(16)14-12(15)18/h2-5H,6-7H2,1H3,(H,13,17)(H,14,16,18). The fourth-order valence-corrected chi connectivity index (χ4v) is 1.79. The zero-order chi connectivity index (χ0) is 13.1. The molecule has 0 radical (unpaired) electrons. The normalized spacial score (nSPS) is 14.6. The molecule has 0 atom stereocenters. The number of hydrogen-bond donors (Lipinski definition) is 2. The summed E-state index contributed by atoms with van der Waals surface area (Å²) in [5.41, 5.74) is 1.34. The molecule has 2 rings (SSSR count). The molecule has 4 amide bonds. The predicted octanol–water partition coefficient (Wildman–Crippen LogP) is 0.0980. The van der Waals surface area contributed by atoms with E-state index < -0.39 is 6.03 Å². The van der Waals surface area contributed by atoms with E-state index in [1.807, 2.05) is 6.07 Å². The number of hydrogen-bond acceptors (Lipinski definition) is 3. The molecule has 2 N–H and O–H groups in total. The van der Waals surface area contributed by atoms with Crippen molar-refractivity contribution >= 4 is 17.8 Å². The topological polar surface area (TPSA) is 78.5 Å². The number of carbonyl (C=O) groups excluding carboxylic acids is 3. The molecule has 1 saturated heterocycles. The molecule has 0 bridgehead atoms. The van der Waals surface area contributed by atoms with Crippen molar-refractivity contribution in [2.45, 2.75) is 6.54 Å². The zero-order valence-corrected chi connectivity index (χ0v) is 9.90. The lowest BCUT2D eigenvalue weighted by Gasteiger charge is -2.13. The third kappa shape index (κ3) is 2.48. The number of imide groups is 1. The molecule has 0 aromatic heterocycles. The quantitative estimate of drug-likeness (QED) is 0.743. The fraction of sp³-hybridized carbons (Fsp3) is 0.250. The van der Waals surface area contributed by atoms with Gasteiger partial charge in [0.2, 0.25) is 5.91 Å². The van der Waals surface area contributed by atoms with Gasteiger partial charge in [-0.05, 0) is 17.7 Å². The fourth-order valence-electron chi connectivity index (χ4n) is 1.79. The molecule has 0 unspecified atom stereocenters. The van der Waals surface area contributed by atoms with Crippen molar-refractivity contribution in [2.24, 2.45) is 0 Å². The average Bonchev–Trinajstić information content (AvgIpc) is 2.67. The summed E-state index contributed by atoms with van der Waals surface area (Å²) in [5.74, 6) is -0.485. The first-order valence-electron chi connectivity index (χ1n) is 5.50. The number of nitrogens with zero attached hydrogens (tertiary/aromatic N) is 1. The molecule has 0 spiro atoms. The van der Waals surface area contributed by atoms with E-state index in [1.54, 1.807) is 25.2 Å². The Balaban J connectivity index is 2.12. The first-order chi connectivity index (χ1) is 8.60. The van der Waals surface area contributed by atoms with Crippen molar-refractivity contribution in [2.75, 3.05) is 13.6 Å². The molecule has 1 fully saturated rings. The molecule has 18 heavy (non-hydrogen) atoms. The lowest BCUT2D eigenvalue weighted by molar-refractivity contribution is -0.118. The van der Waals surface area contributed by atoms with Crippen LogP contribution in [0.5, 0.6) is 0 Å². The number of urea groups is 1. The summed E-state index contributed by atoms with van der Waals surface area (Å²) in [6.07, 6.45) is 0. The average molecular weight is 247 g/mol. The highest BCUT2D eigenvalue weighted by Crippen LogP contribution is 2.10. The van der Waals surface area contributed by atoms with E-state index in [1.165, 1.54) is 4.90 Å². The van der Waals surface area contributed by atoms with E-state index in [0.29, 0.717) is 12.1 Å². The van der Waals surface area contributed by atoms with E-state index in [4.69, 9.17) is 0 Å². The number of carbonyl (C=O) groups is 3. The Morgan fingerprint density at radius 1 is 1.44 bits per heavy atom. The zero-order valence-electron chi connectivity index (χ0n) is 9.90. The minimum absolute atomic E-state index is 0.0586. The van der Waals surface area contributed by atoms with Crippen molar-refractivity contribution < 1.29 is 14.4 Å². The first-order valence-corrected chi connectivity index (χ1v) is 5.50. The van der Waals surface area contributed by atoms with Gasteiger partial charge in [0, 0.05) is 19.2 Å². The molecule has 1 aliphatic rings. The summed E-state index contributed by atoms with van der Waals surface area (Å²) in [4.78, 5) is 35.3. The van der Waals surface area contributed by atoms with E-state index in [0.717, 1.165) is 5.56 Å². The highest BCUT2D eigenvalue weighted by atomic mass is 16.2. The molecule has 1 aromatic rings. The monoisotopic (exact) mass is 247 g/mol. The number of benzene rings is 1. The van der Waals surface area contributed by atoms with Gasteiger partial charge < -0.3 is 10.2 Å². The van der Waals surface area contributed by atoms with Crippen LogP contribution in [0, 0.1) is 0 Å². The van der Waals surface area contributed by atoms with Crippen LogP contribution in [0.3, 0.4) is 0 Å². The molecular weight excluding hydrogens is 234 g/mol. The van der Waals surface area contributed by atoms with Crippen LogP contribution in [0.25, 0.3) is 0 Å². The highest BCUT2D eigenvalue weighted by molar-refractivity contribution is 6.01. The van der Waals surface area contributed by atoms with E-state index in [2.05, 4.69) is 10.6 Å². The summed E-state index contributed by atoms with van der Waals surface area (Å²) in [5, 5.41) is 4.74. The lowest BCUT2D eigenvalue weighted by atomic mass is 10.1. The van der Waals surface area contributed by atoms with Crippen molar-refractivity contribution in [1.29, 1.82) is 0 Å². The third-order valence-electron chi connectivity index (χ3n) is 2.66. The first kappa shape index (κ1) is 12.1. The maximum atomic E-state index is 11.5. The lowest BCUT2D eigenvalue weighted by Crippen LogP contribution is -2.27. The van der Waals surface area contributed by atoms with Crippen molar-refractivity contribution in [3.63, 3.8) is 0 Å². The number of amides is 4. The molecule has 6 heteroatoms. The Bertz CT molecular complexity index is 513. The smallest absolute Gasteiger partial charge is 0.324 e. The minimum atomic E-state index is -0.398. The van der Waals surface area contributed by atoms with Gasteiger partial charge in [-0.3, -0.25) is 14.9 Å². The van der Waals surface area contributed by atoms with Crippen LogP contribution in [0.15, 0.2) is 24.3 Å². The minimum Gasteiger partial charge on any atom is -0.355 e. The summed E-state index contributed by atoms with van der Waals surface area (Å²) in [7, 11) is 1.56. The molecule has 0 aliphatic carbocycles. The van der Waals surface area contributed by atoms with Crippen molar-refractivity contribution in [3.05, 3.63) is 35.4 Å². The second-order valence-corrected chi connectivity index (χ2v) is 3.99. The maximum Gasteiger partial charge on any atom is 0.324 e. The van der Waals surface area contributed by atoms with Gasteiger partial charge in [-0.15, -0.1) is 0 Å².